The standard InChI is InChI=1S/C19H20O5/c1-19(2,18(21)22)24-16-11-7-6-10-15(16)12-17(20)23-13-14-8-4-3-5-9-14/h3-11H,12-13H2,1-2H3,(H,21,22). The lowest BCUT2D eigenvalue weighted by atomic mass is 10.1. The number of aliphatic carboxylic acids is 1. The Balaban J connectivity index is 2.02. The van der Waals surface area contributed by atoms with E-state index in [1.807, 2.05) is 30.3 Å². The van der Waals surface area contributed by atoms with Gasteiger partial charge in [-0.05, 0) is 25.5 Å². The third-order valence-electron chi connectivity index (χ3n) is 3.43. The summed E-state index contributed by atoms with van der Waals surface area (Å²) in [5.41, 5.74) is 0.108. The van der Waals surface area contributed by atoms with Crippen molar-refractivity contribution in [1.29, 1.82) is 0 Å². The molecule has 0 heterocycles. The lowest BCUT2D eigenvalue weighted by Crippen LogP contribution is -2.38. The van der Waals surface area contributed by atoms with Crippen LogP contribution in [-0.4, -0.2) is 22.6 Å². The number of esters is 1. The number of carboxylic acid groups (broad SMARTS) is 1. The van der Waals surface area contributed by atoms with Gasteiger partial charge in [0.05, 0.1) is 6.42 Å². The maximum Gasteiger partial charge on any atom is 0.347 e. The van der Waals surface area contributed by atoms with Crippen molar-refractivity contribution in [2.24, 2.45) is 0 Å². The molecule has 5 nitrogen and oxygen atoms in total. The number of rotatable bonds is 7. The molecule has 0 spiro atoms. The second-order valence-electron chi connectivity index (χ2n) is 5.85. The summed E-state index contributed by atoms with van der Waals surface area (Å²) in [5, 5.41) is 9.17. The second kappa shape index (κ2) is 7.64. The molecule has 0 fully saturated rings. The lowest BCUT2D eigenvalue weighted by molar-refractivity contribution is -0.152. The van der Waals surface area contributed by atoms with Crippen molar-refractivity contribution in [3.05, 3.63) is 65.7 Å². The van der Waals surface area contributed by atoms with E-state index in [9.17, 15) is 9.59 Å². The molecule has 126 valence electrons. The Morgan fingerprint density at radius 2 is 1.62 bits per heavy atom. The maximum absolute atomic E-state index is 12.0. The summed E-state index contributed by atoms with van der Waals surface area (Å²) in [5.74, 6) is -1.12. The van der Waals surface area contributed by atoms with E-state index in [0.29, 0.717) is 11.3 Å². The molecule has 0 radical (unpaired) electrons. The molecule has 0 aliphatic carbocycles. The lowest BCUT2D eigenvalue weighted by Gasteiger charge is -2.23. The quantitative estimate of drug-likeness (QED) is 0.790. The average Bonchev–Trinajstić information content (AvgIpc) is 2.55. The highest BCUT2D eigenvalue weighted by Gasteiger charge is 2.30. The van der Waals surface area contributed by atoms with Crippen LogP contribution < -0.4 is 4.74 Å². The van der Waals surface area contributed by atoms with Crippen LogP contribution in [0.2, 0.25) is 0 Å². The zero-order chi connectivity index (χ0) is 17.6. The molecule has 1 N–H and O–H groups in total. The van der Waals surface area contributed by atoms with Gasteiger partial charge >= 0.3 is 11.9 Å². The molecule has 0 aliphatic heterocycles. The van der Waals surface area contributed by atoms with Crippen LogP contribution in [0, 0.1) is 0 Å². The largest absolute Gasteiger partial charge is 0.478 e. The summed E-state index contributed by atoms with van der Waals surface area (Å²) in [7, 11) is 0. The molecule has 0 aliphatic rings. The summed E-state index contributed by atoms with van der Waals surface area (Å²) in [6, 6.07) is 16.2. The van der Waals surface area contributed by atoms with Gasteiger partial charge in [-0.3, -0.25) is 4.79 Å². The van der Waals surface area contributed by atoms with Crippen molar-refractivity contribution < 1.29 is 24.2 Å². The molecule has 24 heavy (non-hydrogen) atoms. The first-order valence-electron chi connectivity index (χ1n) is 7.58. The number of carboxylic acids is 1. The number of carbonyl (C=O) groups is 2. The average molecular weight is 328 g/mol. The van der Waals surface area contributed by atoms with E-state index >= 15 is 0 Å². The third-order valence-corrected chi connectivity index (χ3v) is 3.43. The van der Waals surface area contributed by atoms with Gasteiger partial charge < -0.3 is 14.6 Å². The first kappa shape index (κ1) is 17.5. The number of hydrogen-bond acceptors (Lipinski definition) is 4. The second-order valence-corrected chi connectivity index (χ2v) is 5.85. The molecule has 0 bridgehead atoms. The van der Waals surface area contributed by atoms with Gasteiger partial charge in [-0.25, -0.2) is 4.79 Å². The Morgan fingerprint density at radius 1 is 1.00 bits per heavy atom. The number of ether oxygens (including phenoxy) is 2. The Bertz CT molecular complexity index is 707. The summed E-state index contributed by atoms with van der Waals surface area (Å²) in [4.78, 5) is 23.2. The van der Waals surface area contributed by atoms with E-state index in [1.165, 1.54) is 13.8 Å². The summed E-state index contributed by atoms with van der Waals surface area (Å²) < 4.78 is 10.8. The SMILES string of the molecule is CC(C)(Oc1ccccc1CC(=O)OCc1ccccc1)C(=O)O. The van der Waals surface area contributed by atoms with Crippen LogP contribution in [0.1, 0.15) is 25.0 Å². The zero-order valence-corrected chi connectivity index (χ0v) is 13.7. The van der Waals surface area contributed by atoms with Gasteiger partial charge in [-0.15, -0.1) is 0 Å². The Kier molecular flexibility index (Phi) is 5.58. The highest BCUT2D eigenvalue weighted by atomic mass is 16.5. The minimum absolute atomic E-state index is 0.0126. The topological polar surface area (TPSA) is 72.8 Å². The minimum atomic E-state index is -1.38. The molecule has 0 saturated heterocycles. The minimum Gasteiger partial charge on any atom is -0.478 e. The normalized spacial score (nSPS) is 10.9. The van der Waals surface area contributed by atoms with E-state index in [-0.39, 0.29) is 13.0 Å². The Labute approximate surface area is 140 Å². The van der Waals surface area contributed by atoms with Gasteiger partial charge in [0, 0.05) is 5.56 Å². The van der Waals surface area contributed by atoms with Crippen molar-refractivity contribution >= 4 is 11.9 Å². The molecular formula is C19H20O5. The van der Waals surface area contributed by atoms with Crippen LogP contribution in [0.25, 0.3) is 0 Å². The first-order valence-corrected chi connectivity index (χ1v) is 7.58. The van der Waals surface area contributed by atoms with Gasteiger partial charge in [0.2, 0.25) is 0 Å². The molecule has 5 heteroatoms. The van der Waals surface area contributed by atoms with Gasteiger partial charge in [-0.1, -0.05) is 48.5 Å². The van der Waals surface area contributed by atoms with Crippen molar-refractivity contribution in [3.63, 3.8) is 0 Å². The fourth-order valence-electron chi connectivity index (χ4n) is 2.01. The summed E-state index contributed by atoms with van der Waals surface area (Å²) in [6.07, 6.45) is 0.0126. The summed E-state index contributed by atoms with van der Waals surface area (Å²) in [6.45, 7) is 3.11. The van der Waals surface area contributed by atoms with Crippen LogP contribution in [-0.2, 0) is 27.4 Å². The van der Waals surface area contributed by atoms with Crippen molar-refractivity contribution in [1.82, 2.24) is 0 Å². The highest BCUT2D eigenvalue weighted by molar-refractivity contribution is 5.77. The van der Waals surface area contributed by atoms with Gasteiger partial charge in [-0.2, -0.15) is 0 Å². The van der Waals surface area contributed by atoms with Crippen LogP contribution in [0.4, 0.5) is 0 Å². The molecule has 0 unspecified atom stereocenters. The van der Waals surface area contributed by atoms with Crippen molar-refractivity contribution in [2.75, 3.05) is 0 Å². The van der Waals surface area contributed by atoms with Crippen LogP contribution >= 0.6 is 0 Å². The smallest absolute Gasteiger partial charge is 0.347 e. The Hall–Kier alpha value is -2.82. The molecule has 2 aromatic carbocycles. The molecule has 0 aromatic heterocycles. The van der Waals surface area contributed by atoms with Gasteiger partial charge in [0.25, 0.3) is 0 Å². The fraction of sp³-hybridized carbons (Fsp3) is 0.263. The highest BCUT2D eigenvalue weighted by Crippen LogP contribution is 2.24. The molecule has 0 saturated carbocycles. The van der Waals surface area contributed by atoms with E-state index in [1.54, 1.807) is 24.3 Å². The molecule has 2 aromatic rings. The number of para-hydroxylation sites is 1. The Morgan fingerprint density at radius 3 is 2.29 bits per heavy atom. The van der Waals surface area contributed by atoms with Crippen LogP contribution in [0.5, 0.6) is 5.75 Å². The third kappa shape index (κ3) is 4.84. The molecule has 2 rings (SSSR count). The van der Waals surface area contributed by atoms with E-state index < -0.39 is 17.5 Å². The summed E-state index contributed by atoms with van der Waals surface area (Å²) >= 11 is 0. The van der Waals surface area contributed by atoms with Crippen molar-refractivity contribution in [3.8, 4) is 5.75 Å². The molecular weight excluding hydrogens is 308 g/mol. The maximum atomic E-state index is 12.0. The number of hydrogen-bond donors (Lipinski definition) is 1. The van der Waals surface area contributed by atoms with E-state index in [4.69, 9.17) is 14.6 Å². The van der Waals surface area contributed by atoms with Gasteiger partial charge in [0.15, 0.2) is 5.60 Å². The van der Waals surface area contributed by atoms with Crippen LogP contribution in [0.3, 0.4) is 0 Å². The number of carbonyl (C=O) groups excluding carboxylic acids is 1. The number of benzene rings is 2. The van der Waals surface area contributed by atoms with Crippen molar-refractivity contribution in [2.45, 2.75) is 32.5 Å². The van der Waals surface area contributed by atoms with Gasteiger partial charge in [0.1, 0.15) is 12.4 Å². The predicted octanol–water partition coefficient (Wildman–Crippen LogP) is 3.21. The van der Waals surface area contributed by atoms with E-state index in [0.717, 1.165) is 5.56 Å². The zero-order valence-electron chi connectivity index (χ0n) is 13.7. The van der Waals surface area contributed by atoms with Crippen LogP contribution in [0.15, 0.2) is 54.6 Å². The predicted molar refractivity (Wildman–Crippen MR) is 88.7 cm³/mol. The molecule has 0 amide bonds. The molecule has 0 atom stereocenters. The van der Waals surface area contributed by atoms with E-state index in [2.05, 4.69) is 0 Å². The monoisotopic (exact) mass is 328 g/mol. The first-order chi connectivity index (χ1) is 11.4. The fourth-order valence-corrected chi connectivity index (χ4v) is 2.01.